The van der Waals surface area contributed by atoms with Crippen LogP contribution in [0.3, 0.4) is 0 Å². The third kappa shape index (κ3) is 5.82. The molecule has 0 aliphatic carbocycles. The maximum absolute atomic E-state index is 13.7. The van der Waals surface area contributed by atoms with Crippen LogP contribution in [0.4, 0.5) is 19.1 Å². The molecule has 4 aromatic rings. The lowest BCUT2D eigenvalue weighted by Gasteiger charge is -2.19. The molecule has 200 valence electrons. The summed E-state index contributed by atoms with van der Waals surface area (Å²) in [6.45, 7) is 13.2. The fourth-order valence-corrected chi connectivity index (χ4v) is 4.38. The van der Waals surface area contributed by atoms with Gasteiger partial charge < -0.3 is 15.3 Å². The number of benzene rings is 1. The average Bonchev–Trinajstić information content (AvgIpc) is 2.93. The van der Waals surface area contributed by atoms with Gasteiger partial charge in [0.1, 0.15) is 23.8 Å². The second kappa shape index (κ2) is 11.5. The van der Waals surface area contributed by atoms with E-state index >= 15 is 0 Å². The highest BCUT2D eigenvalue weighted by Crippen LogP contribution is 2.39. The number of hydrogen-bond acceptors (Lipinski definition) is 6. The summed E-state index contributed by atoms with van der Waals surface area (Å²) >= 11 is 0. The Morgan fingerprint density at radius 3 is 2.33 bits per heavy atom. The molecule has 2 N–H and O–H groups in total. The third-order valence-corrected chi connectivity index (χ3v) is 6.52. The van der Waals surface area contributed by atoms with Gasteiger partial charge in [0.15, 0.2) is 0 Å². The van der Waals surface area contributed by atoms with Crippen molar-refractivity contribution >= 4 is 5.95 Å². The van der Waals surface area contributed by atoms with E-state index in [0.717, 1.165) is 0 Å². The van der Waals surface area contributed by atoms with Crippen molar-refractivity contribution in [2.75, 3.05) is 5.73 Å². The highest BCUT2D eigenvalue weighted by molar-refractivity contribution is 5.85. The average molecular weight is 533 g/mol. The van der Waals surface area contributed by atoms with Gasteiger partial charge in [-0.25, -0.2) is 29.7 Å². The number of nitrogen functional groups attached to an aromatic ring is 1. The maximum Gasteiger partial charge on any atom is 0.280 e. The minimum absolute atomic E-state index is 0.0343. The first-order valence-electron chi connectivity index (χ1n) is 12.4. The van der Waals surface area contributed by atoms with Crippen LogP contribution in [0.25, 0.3) is 27.2 Å². The van der Waals surface area contributed by atoms with Crippen LogP contribution in [0.15, 0.2) is 54.6 Å². The standard InChI is InChI=1S/C29H27F3N6O/c1-5-29(6-2,34-4)23-9-7-8-21(36-23)16-39-27-24(19-14-17(3)35-22(15-19)26(31)32)25(37-28(33)38-27)18-10-12-20(30)13-11-18/h7-15,26H,5-6,16H2,1-3H3,(H2,33,37,38). The highest BCUT2D eigenvalue weighted by atomic mass is 19.3. The Morgan fingerprint density at radius 2 is 1.69 bits per heavy atom. The molecule has 0 bridgehead atoms. The van der Waals surface area contributed by atoms with E-state index in [1.54, 1.807) is 19.1 Å². The molecule has 0 spiro atoms. The van der Waals surface area contributed by atoms with Gasteiger partial charge in [-0.2, -0.15) is 4.98 Å². The lowest BCUT2D eigenvalue weighted by Crippen LogP contribution is -2.21. The summed E-state index contributed by atoms with van der Waals surface area (Å²) in [6.07, 6.45) is -1.60. The molecule has 4 rings (SSSR count). The van der Waals surface area contributed by atoms with Crippen LogP contribution in [0.1, 0.15) is 55.9 Å². The van der Waals surface area contributed by atoms with Gasteiger partial charge in [0, 0.05) is 24.1 Å². The summed E-state index contributed by atoms with van der Waals surface area (Å²) in [7, 11) is 0. The fraction of sp³-hybridized carbons (Fsp3) is 0.276. The summed E-state index contributed by atoms with van der Waals surface area (Å²) in [5, 5.41) is 0. The smallest absolute Gasteiger partial charge is 0.280 e. The van der Waals surface area contributed by atoms with Crippen LogP contribution in [-0.4, -0.2) is 19.9 Å². The van der Waals surface area contributed by atoms with Crippen molar-refractivity contribution in [2.24, 2.45) is 0 Å². The minimum atomic E-state index is -2.80. The first kappa shape index (κ1) is 27.5. The lowest BCUT2D eigenvalue weighted by atomic mass is 9.89. The van der Waals surface area contributed by atoms with Crippen molar-refractivity contribution in [1.29, 1.82) is 0 Å². The van der Waals surface area contributed by atoms with Crippen LogP contribution in [0.5, 0.6) is 5.88 Å². The van der Waals surface area contributed by atoms with Crippen LogP contribution >= 0.6 is 0 Å². The first-order chi connectivity index (χ1) is 18.7. The van der Waals surface area contributed by atoms with E-state index in [2.05, 4.69) is 24.8 Å². The van der Waals surface area contributed by atoms with Gasteiger partial charge in [-0.05, 0) is 61.0 Å². The van der Waals surface area contributed by atoms with Crippen LogP contribution in [-0.2, 0) is 12.1 Å². The summed E-state index contributed by atoms with van der Waals surface area (Å²) in [4.78, 5) is 21.1. The van der Waals surface area contributed by atoms with E-state index in [0.29, 0.717) is 46.6 Å². The largest absolute Gasteiger partial charge is 0.471 e. The molecular formula is C29H27F3N6O. The summed E-state index contributed by atoms with van der Waals surface area (Å²) in [6, 6.07) is 13.8. The molecule has 0 fully saturated rings. The second-order valence-corrected chi connectivity index (χ2v) is 8.99. The molecule has 3 heterocycles. The van der Waals surface area contributed by atoms with E-state index in [4.69, 9.17) is 17.0 Å². The molecule has 1 aromatic carbocycles. The molecule has 3 aromatic heterocycles. The highest BCUT2D eigenvalue weighted by Gasteiger charge is 2.36. The van der Waals surface area contributed by atoms with Crippen molar-refractivity contribution < 1.29 is 17.9 Å². The topological polar surface area (TPSA) is 91.2 Å². The molecule has 0 unspecified atom stereocenters. The Hall–Kier alpha value is -4.52. The van der Waals surface area contributed by atoms with Crippen molar-refractivity contribution in [1.82, 2.24) is 19.9 Å². The van der Waals surface area contributed by atoms with E-state index in [9.17, 15) is 13.2 Å². The Bertz CT molecular complexity index is 1510. The summed E-state index contributed by atoms with van der Waals surface area (Å²) < 4.78 is 47.1. The molecule has 0 atom stereocenters. The van der Waals surface area contributed by atoms with Gasteiger partial charge in [0.25, 0.3) is 12.0 Å². The van der Waals surface area contributed by atoms with Crippen molar-refractivity contribution in [3.63, 3.8) is 0 Å². The van der Waals surface area contributed by atoms with Crippen LogP contribution in [0.2, 0.25) is 0 Å². The molecule has 0 saturated carbocycles. The zero-order valence-electron chi connectivity index (χ0n) is 21.8. The molecular weight excluding hydrogens is 505 g/mol. The lowest BCUT2D eigenvalue weighted by molar-refractivity contribution is 0.146. The van der Waals surface area contributed by atoms with Crippen LogP contribution in [0, 0.1) is 19.3 Å². The number of nitrogens with two attached hydrogens (primary N) is 1. The Kier molecular flexibility index (Phi) is 8.10. The van der Waals surface area contributed by atoms with Gasteiger partial charge in [0.2, 0.25) is 11.8 Å². The summed E-state index contributed by atoms with van der Waals surface area (Å²) in [5.74, 6) is -0.514. The molecule has 0 aliphatic rings. The molecule has 10 heteroatoms. The second-order valence-electron chi connectivity index (χ2n) is 8.99. The number of nitrogens with zero attached hydrogens (tertiary/aromatic N) is 5. The Labute approximate surface area is 224 Å². The Balaban J connectivity index is 1.83. The minimum Gasteiger partial charge on any atom is -0.471 e. The predicted molar refractivity (Wildman–Crippen MR) is 142 cm³/mol. The first-order valence-corrected chi connectivity index (χ1v) is 12.4. The molecule has 39 heavy (non-hydrogen) atoms. The molecule has 0 aliphatic heterocycles. The molecule has 0 radical (unpaired) electrons. The number of rotatable bonds is 9. The number of anilines is 1. The van der Waals surface area contributed by atoms with E-state index in [1.807, 2.05) is 26.0 Å². The number of ether oxygens (including phenoxy) is 1. The number of pyridine rings is 2. The fourth-order valence-electron chi connectivity index (χ4n) is 4.38. The van der Waals surface area contributed by atoms with E-state index < -0.39 is 23.5 Å². The van der Waals surface area contributed by atoms with Gasteiger partial charge in [-0.1, -0.05) is 19.9 Å². The van der Waals surface area contributed by atoms with Gasteiger partial charge in [0.05, 0.1) is 17.0 Å². The zero-order valence-corrected chi connectivity index (χ0v) is 21.8. The number of aryl methyl sites for hydroxylation is 1. The SMILES string of the molecule is [C-]#[N+]C(CC)(CC)c1cccc(COc2nc(N)nc(-c3ccc(F)cc3)c2-c2cc(C)nc(C(F)F)c2)n1. The quantitative estimate of drug-likeness (QED) is 0.232. The molecule has 0 saturated heterocycles. The van der Waals surface area contributed by atoms with Gasteiger partial charge in [-0.3, -0.25) is 4.98 Å². The molecule has 7 nitrogen and oxygen atoms in total. The van der Waals surface area contributed by atoms with Crippen molar-refractivity contribution in [3.05, 3.63) is 94.6 Å². The molecule has 0 amide bonds. The zero-order chi connectivity index (χ0) is 28.2. The normalized spacial score (nSPS) is 11.4. The summed E-state index contributed by atoms with van der Waals surface area (Å²) in [5.41, 5.74) is 7.85. The van der Waals surface area contributed by atoms with Crippen molar-refractivity contribution in [2.45, 2.75) is 52.2 Å². The third-order valence-electron chi connectivity index (χ3n) is 6.52. The predicted octanol–water partition coefficient (Wildman–Crippen LogP) is 7.08. The number of halogens is 3. The number of alkyl halides is 2. The number of hydrogen-bond donors (Lipinski definition) is 1. The van der Waals surface area contributed by atoms with E-state index in [1.165, 1.54) is 30.3 Å². The van der Waals surface area contributed by atoms with Gasteiger partial charge >= 0.3 is 0 Å². The monoisotopic (exact) mass is 532 g/mol. The number of aromatic nitrogens is 4. The van der Waals surface area contributed by atoms with Crippen LogP contribution < -0.4 is 10.5 Å². The van der Waals surface area contributed by atoms with E-state index in [-0.39, 0.29) is 24.1 Å². The Morgan fingerprint density at radius 1 is 0.974 bits per heavy atom. The maximum atomic E-state index is 13.7. The van der Waals surface area contributed by atoms with Crippen molar-refractivity contribution in [3.8, 4) is 28.3 Å². The van der Waals surface area contributed by atoms with Gasteiger partial charge in [-0.15, -0.1) is 0 Å².